The highest BCUT2D eigenvalue weighted by Crippen LogP contribution is 2.28. The van der Waals surface area contributed by atoms with Gasteiger partial charge in [0.05, 0.1) is 23.8 Å². The van der Waals surface area contributed by atoms with Crippen LogP contribution in [0.25, 0.3) is 11.1 Å². The molecule has 0 unspecified atom stereocenters. The summed E-state index contributed by atoms with van der Waals surface area (Å²) in [4.78, 5) is 30.8. The molecule has 0 fully saturated rings. The third-order valence-electron chi connectivity index (χ3n) is 5.58. The summed E-state index contributed by atoms with van der Waals surface area (Å²) in [7, 11) is 1.52. The van der Waals surface area contributed by atoms with Crippen LogP contribution in [-0.4, -0.2) is 32.4 Å². The Morgan fingerprint density at radius 1 is 1.03 bits per heavy atom. The summed E-state index contributed by atoms with van der Waals surface area (Å²) in [6.45, 7) is 2.05. The second kappa shape index (κ2) is 10.2. The average Bonchev–Trinajstić information content (AvgIpc) is 3.25. The van der Waals surface area contributed by atoms with E-state index in [1.54, 1.807) is 60.9 Å². The van der Waals surface area contributed by atoms with E-state index in [4.69, 9.17) is 16.9 Å². The van der Waals surface area contributed by atoms with Gasteiger partial charge in [-0.2, -0.15) is 15.0 Å². The van der Waals surface area contributed by atoms with Gasteiger partial charge in [-0.3, -0.25) is 9.78 Å². The molecule has 1 amide bonds. The standard InChI is InChI=1S/C26H21ClN6O2/c1-18(21-11-13-29-14-12-21)24(22-7-9-23(27)10-8-22)25(34)31(2)33-17-30-32(26(33)35)16-20-5-3-19(15-28)4-6-20/h3-14,17H,16H2,1-2H3/b24-18+. The number of carbonyl (C=O) groups is 1. The molecule has 0 radical (unpaired) electrons. The lowest BCUT2D eigenvalue weighted by molar-refractivity contribution is -0.114. The molecule has 2 aromatic heterocycles. The third kappa shape index (κ3) is 5.05. The summed E-state index contributed by atoms with van der Waals surface area (Å²) in [5.74, 6) is -0.387. The number of halogens is 1. The van der Waals surface area contributed by atoms with Crippen molar-refractivity contribution in [2.75, 3.05) is 12.1 Å². The van der Waals surface area contributed by atoms with Crippen LogP contribution >= 0.6 is 11.6 Å². The van der Waals surface area contributed by atoms with Crippen molar-refractivity contribution in [3.05, 3.63) is 117 Å². The predicted molar refractivity (Wildman–Crippen MR) is 134 cm³/mol. The molecule has 0 bridgehead atoms. The second-order valence-electron chi connectivity index (χ2n) is 7.80. The molecule has 9 heteroatoms. The number of allylic oxidation sites excluding steroid dienone is 1. The van der Waals surface area contributed by atoms with Crippen molar-refractivity contribution in [2.45, 2.75) is 13.5 Å². The predicted octanol–water partition coefficient (Wildman–Crippen LogP) is 3.74. The SMILES string of the molecule is C/C(=C(\C(=O)N(C)n1cnn(Cc2ccc(C#N)cc2)c1=O)c1ccc(Cl)cc1)c1ccncc1. The zero-order valence-electron chi connectivity index (χ0n) is 19.1. The largest absolute Gasteiger partial charge is 0.365 e. The molecule has 2 aromatic carbocycles. The Morgan fingerprint density at radius 3 is 2.31 bits per heavy atom. The fourth-order valence-corrected chi connectivity index (χ4v) is 3.75. The molecular formula is C26H21ClN6O2. The van der Waals surface area contributed by atoms with Crippen molar-refractivity contribution in [2.24, 2.45) is 0 Å². The number of benzene rings is 2. The van der Waals surface area contributed by atoms with Crippen molar-refractivity contribution < 1.29 is 4.79 Å². The maximum Gasteiger partial charge on any atom is 0.365 e. The van der Waals surface area contributed by atoms with Gasteiger partial charge < -0.3 is 0 Å². The molecule has 0 aliphatic carbocycles. The summed E-state index contributed by atoms with van der Waals surface area (Å²) in [6, 6.07) is 19.5. The van der Waals surface area contributed by atoms with Gasteiger partial charge in [0.1, 0.15) is 6.33 Å². The number of rotatable bonds is 6. The van der Waals surface area contributed by atoms with Gasteiger partial charge in [-0.15, -0.1) is 0 Å². The normalized spacial score (nSPS) is 11.5. The molecule has 174 valence electrons. The van der Waals surface area contributed by atoms with E-state index in [9.17, 15) is 9.59 Å². The molecule has 0 saturated carbocycles. The lowest BCUT2D eigenvalue weighted by atomic mass is 9.95. The van der Waals surface area contributed by atoms with Crippen LogP contribution in [0.4, 0.5) is 0 Å². The van der Waals surface area contributed by atoms with Gasteiger partial charge in [-0.25, -0.2) is 14.5 Å². The number of nitriles is 1. The Balaban J connectivity index is 1.69. The minimum absolute atomic E-state index is 0.204. The maximum atomic E-state index is 13.7. The van der Waals surface area contributed by atoms with Gasteiger partial charge in [-0.1, -0.05) is 35.9 Å². The van der Waals surface area contributed by atoms with E-state index in [1.165, 1.54) is 27.7 Å². The van der Waals surface area contributed by atoms with Gasteiger partial charge >= 0.3 is 5.69 Å². The number of carbonyl (C=O) groups excluding carboxylic acids is 1. The minimum Gasteiger partial charge on any atom is -0.267 e. The third-order valence-corrected chi connectivity index (χ3v) is 5.84. The Morgan fingerprint density at radius 2 is 1.69 bits per heavy atom. The first-order chi connectivity index (χ1) is 16.9. The number of aromatic nitrogens is 4. The van der Waals surface area contributed by atoms with Crippen molar-refractivity contribution >= 4 is 28.7 Å². The van der Waals surface area contributed by atoms with E-state index in [0.717, 1.165) is 16.7 Å². The summed E-state index contributed by atoms with van der Waals surface area (Å²) in [5.41, 5.74) is 3.51. The van der Waals surface area contributed by atoms with Gasteiger partial charge in [0.2, 0.25) is 0 Å². The number of hydrogen-bond acceptors (Lipinski definition) is 5. The molecule has 8 nitrogen and oxygen atoms in total. The Bertz CT molecular complexity index is 1480. The Hall–Kier alpha value is -4.48. The van der Waals surface area contributed by atoms with Gasteiger partial charge in [0.15, 0.2) is 0 Å². The monoisotopic (exact) mass is 484 g/mol. The molecule has 0 saturated heterocycles. The van der Waals surface area contributed by atoms with E-state index in [0.29, 0.717) is 21.7 Å². The average molecular weight is 485 g/mol. The van der Waals surface area contributed by atoms with Crippen LogP contribution in [0.1, 0.15) is 29.2 Å². The number of amides is 1. The number of likely N-dealkylation sites (N-methyl/N-ethyl adjacent to an activating group) is 1. The van der Waals surface area contributed by atoms with Crippen LogP contribution in [0.15, 0.2) is 84.2 Å². The molecule has 35 heavy (non-hydrogen) atoms. The molecular weight excluding hydrogens is 464 g/mol. The molecule has 0 aliphatic heterocycles. The van der Waals surface area contributed by atoms with Gasteiger partial charge in [0, 0.05) is 24.5 Å². The molecule has 4 aromatic rings. The highest BCUT2D eigenvalue weighted by Gasteiger charge is 2.23. The summed E-state index contributed by atoms with van der Waals surface area (Å²) in [5, 5.41) is 14.9. The fourth-order valence-electron chi connectivity index (χ4n) is 3.62. The van der Waals surface area contributed by atoms with Crippen LogP contribution in [0.5, 0.6) is 0 Å². The van der Waals surface area contributed by atoms with Gasteiger partial charge in [-0.05, 0) is 65.6 Å². The Kier molecular flexibility index (Phi) is 6.90. The molecule has 0 atom stereocenters. The smallest absolute Gasteiger partial charge is 0.267 e. The first kappa shape index (κ1) is 23.7. The molecule has 2 heterocycles. The lowest BCUT2D eigenvalue weighted by Gasteiger charge is -2.21. The van der Waals surface area contributed by atoms with Crippen molar-refractivity contribution in [1.29, 1.82) is 5.26 Å². The van der Waals surface area contributed by atoms with Crippen LogP contribution in [0.3, 0.4) is 0 Å². The van der Waals surface area contributed by atoms with Crippen molar-refractivity contribution in [3.8, 4) is 6.07 Å². The van der Waals surface area contributed by atoms with Crippen LogP contribution in [-0.2, 0) is 11.3 Å². The van der Waals surface area contributed by atoms with E-state index >= 15 is 0 Å². The van der Waals surface area contributed by atoms with E-state index < -0.39 is 5.69 Å². The zero-order chi connectivity index (χ0) is 24.9. The summed E-state index contributed by atoms with van der Waals surface area (Å²) in [6.07, 6.45) is 4.62. The zero-order valence-corrected chi connectivity index (χ0v) is 19.8. The van der Waals surface area contributed by atoms with Crippen LogP contribution in [0, 0.1) is 11.3 Å². The Labute approximate surface area is 206 Å². The highest BCUT2D eigenvalue weighted by molar-refractivity contribution is 6.32. The number of nitrogens with zero attached hydrogens (tertiary/aromatic N) is 6. The number of hydrogen-bond donors (Lipinski definition) is 0. The van der Waals surface area contributed by atoms with Crippen molar-refractivity contribution in [1.82, 2.24) is 19.4 Å². The topological polar surface area (TPSA) is 96.8 Å². The van der Waals surface area contributed by atoms with Crippen LogP contribution in [0.2, 0.25) is 5.02 Å². The van der Waals surface area contributed by atoms with E-state index in [2.05, 4.69) is 16.2 Å². The molecule has 0 aliphatic rings. The minimum atomic E-state index is -0.470. The molecule has 0 N–H and O–H groups in total. The summed E-state index contributed by atoms with van der Waals surface area (Å²) >= 11 is 6.07. The maximum absolute atomic E-state index is 13.7. The second-order valence-corrected chi connectivity index (χ2v) is 8.23. The molecule has 4 rings (SSSR count). The number of pyridine rings is 1. The van der Waals surface area contributed by atoms with E-state index in [-0.39, 0.29) is 12.5 Å². The first-order valence-corrected chi connectivity index (χ1v) is 11.1. The van der Waals surface area contributed by atoms with Gasteiger partial charge in [0.25, 0.3) is 5.91 Å². The van der Waals surface area contributed by atoms with Crippen LogP contribution < -0.4 is 10.7 Å². The molecule has 0 spiro atoms. The first-order valence-electron chi connectivity index (χ1n) is 10.7. The highest BCUT2D eigenvalue weighted by atomic mass is 35.5. The fraction of sp³-hybridized carbons (Fsp3) is 0.115. The summed E-state index contributed by atoms with van der Waals surface area (Å²) < 4.78 is 2.42. The lowest BCUT2D eigenvalue weighted by Crippen LogP contribution is -2.44. The van der Waals surface area contributed by atoms with Crippen molar-refractivity contribution in [3.63, 3.8) is 0 Å². The van der Waals surface area contributed by atoms with E-state index in [1.807, 2.05) is 19.1 Å². The quantitative estimate of drug-likeness (QED) is 0.388.